The van der Waals surface area contributed by atoms with Gasteiger partial charge in [-0.15, -0.1) is 0 Å². The van der Waals surface area contributed by atoms with Crippen molar-refractivity contribution in [1.29, 1.82) is 0 Å². The molecule has 0 unspecified atom stereocenters. The molecule has 0 amide bonds. The number of aliphatic hydroxyl groups excluding tert-OH is 2. The number of ether oxygens (including phenoxy) is 1. The molecule has 4 rings (SSSR count). The van der Waals surface area contributed by atoms with Crippen LogP contribution in [-0.2, 0) is 4.74 Å². The van der Waals surface area contributed by atoms with Gasteiger partial charge in [0.05, 0.1) is 25.4 Å². The minimum absolute atomic E-state index is 0.271. The Morgan fingerprint density at radius 3 is 2.80 bits per heavy atom. The lowest BCUT2D eigenvalue weighted by molar-refractivity contribution is -0.0299. The van der Waals surface area contributed by atoms with Gasteiger partial charge < -0.3 is 14.9 Å². The van der Waals surface area contributed by atoms with E-state index in [1.165, 1.54) is 31.3 Å². The van der Waals surface area contributed by atoms with Gasteiger partial charge in [0.15, 0.2) is 0 Å². The Morgan fingerprint density at radius 1 is 1.32 bits per heavy atom. The molecule has 1 saturated carbocycles. The highest BCUT2D eigenvalue weighted by atomic mass is 16.5. The van der Waals surface area contributed by atoms with Gasteiger partial charge in [0, 0.05) is 12.6 Å². The molecule has 0 spiro atoms. The molecule has 0 aromatic carbocycles. The molecule has 2 bridgehead atoms. The van der Waals surface area contributed by atoms with E-state index < -0.39 is 6.10 Å². The van der Waals surface area contributed by atoms with Crippen molar-refractivity contribution in [3.8, 4) is 0 Å². The number of hydrogen-bond donors (Lipinski definition) is 2. The number of fused-ring (bicyclic) bond motifs is 1. The lowest BCUT2D eigenvalue weighted by Crippen LogP contribution is -2.49. The molecule has 144 valence electrons. The van der Waals surface area contributed by atoms with Crippen LogP contribution in [0.3, 0.4) is 0 Å². The fourth-order valence-corrected chi connectivity index (χ4v) is 5.24. The third-order valence-corrected chi connectivity index (χ3v) is 6.97. The largest absolute Gasteiger partial charge is 0.393 e. The zero-order chi connectivity index (χ0) is 18.0. The number of rotatable bonds is 8. The summed E-state index contributed by atoms with van der Waals surface area (Å²) in [4.78, 5) is 2.35. The molecule has 5 atom stereocenters. The van der Waals surface area contributed by atoms with Crippen LogP contribution in [0.1, 0.15) is 59.3 Å². The van der Waals surface area contributed by atoms with E-state index >= 15 is 0 Å². The quantitative estimate of drug-likeness (QED) is 0.660. The van der Waals surface area contributed by atoms with E-state index in [4.69, 9.17) is 4.74 Å². The number of piperidine rings is 1. The van der Waals surface area contributed by atoms with Crippen molar-refractivity contribution in [1.82, 2.24) is 4.90 Å². The van der Waals surface area contributed by atoms with Gasteiger partial charge in [-0.3, -0.25) is 4.90 Å². The van der Waals surface area contributed by atoms with E-state index in [-0.39, 0.29) is 6.10 Å². The molecule has 25 heavy (non-hydrogen) atoms. The zero-order valence-electron chi connectivity index (χ0n) is 16.3. The van der Waals surface area contributed by atoms with Gasteiger partial charge in [0.2, 0.25) is 0 Å². The average Bonchev–Trinajstić information content (AvgIpc) is 2.56. The van der Waals surface area contributed by atoms with Crippen LogP contribution < -0.4 is 0 Å². The fraction of sp³-hybridized carbons (Fsp3) is 0.905. The average molecular weight is 352 g/mol. The van der Waals surface area contributed by atoms with Crippen molar-refractivity contribution in [2.24, 2.45) is 17.3 Å². The Bertz CT molecular complexity index is 474. The molecule has 1 aliphatic heterocycles. The third kappa shape index (κ3) is 4.47. The number of aliphatic hydroxyl groups is 2. The van der Waals surface area contributed by atoms with E-state index in [1.807, 2.05) is 6.92 Å². The van der Waals surface area contributed by atoms with Gasteiger partial charge in [0.25, 0.3) is 0 Å². The van der Waals surface area contributed by atoms with Crippen molar-refractivity contribution in [2.45, 2.75) is 77.5 Å². The molecule has 1 heterocycles. The molecule has 0 aromatic rings. The standard InChI is InChI=1S/C21H37NO3/c1-15(23)10-18-6-4-5-9-22(18)12-19(24)14-25-13-16-7-8-17-11-20(16)21(17,2)3/h7,15,17-20,23-24H,4-6,8-14H2,1-3H3/t15-,17-,18+,19-,20+/m0/s1. The maximum absolute atomic E-state index is 10.4. The Hall–Kier alpha value is -0.420. The van der Waals surface area contributed by atoms with Gasteiger partial charge in [-0.25, -0.2) is 0 Å². The maximum Gasteiger partial charge on any atom is 0.0900 e. The molecule has 0 radical (unpaired) electrons. The lowest BCUT2D eigenvalue weighted by atomic mass is 9.49. The van der Waals surface area contributed by atoms with Crippen LogP contribution in [0.4, 0.5) is 0 Å². The first-order chi connectivity index (χ1) is 11.9. The van der Waals surface area contributed by atoms with Gasteiger partial charge in [-0.1, -0.05) is 26.3 Å². The minimum Gasteiger partial charge on any atom is -0.393 e. The maximum atomic E-state index is 10.4. The third-order valence-electron chi connectivity index (χ3n) is 6.97. The minimum atomic E-state index is -0.444. The summed E-state index contributed by atoms with van der Waals surface area (Å²) in [6.45, 7) is 9.39. The van der Waals surface area contributed by atoms with Crippen LogP contribution in [0.15, 0.2) is 11.6 Å². The first kappa shape index (κ1) is 19.3. The summed E-state index contributed by atoms with van der Waals surface area (Å²) in [5.74, 6) is 1.54. The van der Waals surface area contributed by atoms with Gasteiger partial charge in [0.1, 0.15) is 0 Å². The smallest absolute Gasteiger partial charge is 0.0900 e. The normalized spacial score (nSPS) is 34.1. The molecule has 0 aromatic heterocycles. The molecule has 4 aliphatic rings. The van der Waals surface area contributed by atoms with Crippen LogP contribution in [0.5, 0.6) is 0 Å². The number of hydrogen-bond acceptors (Lipinski definition) is 4. The summed E-state index contributed by atoms with van der Waals surface area (Å²) in [5, 5.41) is 20.1. The summed E-state index contributed by atoms with van der Waals surface area (Å²) in [5.41, 5.74) is 1.89. The molecule has 4 nitrogen and oxygen atoms in total. The van der Waals surface area contributed by atoms with Crippen LogP contribution in [0.2, 0.25) is 0 Å². The van der Waals surface area contributed by atoms with Crippen molar-refractivity contribution >= 4 is 0 Å². The molecular formula is C21H37NO3. The van der Waals surface area contributed by atoms with E-state index in [0.717, 1.165) is 25.3 Å². The Kier molecular flexibility index (Phi) is 6.25. The van der Waals surface area contributed by atoms with Crippen molar-refractivity contribution in [2.75, 3.05) is 26.3 Å². The van der Waals surface area contributed by atoms with E-state index in [0.29, 0.717) is 37.1 Å². The summed E-state index contributed by atoms with van der Waals surface area (Å²) < 4.78 is 5.89. The van der Waals surface area contributed by atoms with Gasteiger partial charge in [-0.2, -0.15) is 0 Å². The summed E-state index contributed by atoms with van der Waals surface area (Å²) in [6, 6.07) is 0.400. The van der Waals surface area contributed by atoms with E-state index in [2.05, 4.69) is 24.8 Å². The van der Waals surface area contributed by atoms with E-state index in [9.17, 15) is 10.2 Å². The molecule has 2 fully saturated rings. The van der Waals surface area contributed by atoms with Crippen LogP contribution >= 0.6 is 0 Å². The Morgan fingerprint density at radius 2 is 2.12 bits per heavy atom. The number of β-amino-alcohol motifs (C(OH)–C–C–N with tert-alkyl or cyclic N) is 1. The zero-order valence-corrected chi connectivity index (χ0v) is 16.3. The Balaban J connectivity index is 1.40. The second-order valence-electron chi connectivity index (χ2n) is 9.22. The second kappa shape index (κ2) is 8.08. The predicted molar refractivity (Wildman–Crippen MR) is 100 cm³/mol. The van der Waals surface area contributed by atoms with Gasteiger partial charge >= 0.3 is 0 Å². The van der Waals surface area contributed by atoms with Crippen LogP contribution in [0, 0.1) is 17.3 Å². The monoisotopic (exact) mass is 351 g/mol. The first-order valence-electron chi connectivity index (χ1n) is 10.2. The van der Waals surface area contributed by atoms with Gasteiger partial charge in [-0.05, 0) is 68.4 Å². The molecular weight excluding hydrogens is 314 g/mol. The van der Waals surface area contributed by atoms with Crippen molar-refractivity contribution < 1.29 is 14.9 Å². The lowest BCUT2D eigenvalue weighted by Gasteiger charge is -2.56. The fourth-order valence-electron chi connectivity index (χ4n) is 5.24. The summed E-state index contributed by atoms with van der Waals surface area (Å²) in [7, 11) is 0. The Labute approximate surface area is 153 Å². The highest BCUT2D eigenvalue weighted by Gasteiger charge is 2.50. The summed E-state index contributed by atoms with van der Waals surface area (Å²) >= 11 is 0. The van der Waals surface area contributed by atoms with Crippen molar-refractivity contribution in [3.63, 3.8) is 0 Å². The first-order valence-corrected chi connectivity index (χ1v) is 10.2. The SMILES string of the molecule is C[C@H](O)C[C@H]1CCCCN1C[C@H](O)COCC1=CC[C@H]2C[C@H]1C2(C)C. The number of allylic oxidation sites excluding steroid dienone is 1. The molecule has 2 N–H and O–H groups in total. The number of nitrogens with zero attached hydrogens (tertiary/aromatic N) is 1. The van der Waals surface area contributed by atoms with E-state index in [1.54, 1.807) is 0 Å². The van der Waals surface area contributed by atoms with Crippen LogP contribution in [0.25, 0.3) is 0 Å². The highest BCUT2D eigenvalue weighted by molar-refractivity contribution is 5.23. The highest BCUT2D eigenvalue weighted by Crippen LogP contribution is 2.59. The predicted octanol–water partition coefficient (Wildman–Crippen LogP) is 2.98. The number of likely N-dealkylation sites (tertiary alicyclic amines) is 1. The summed E-state index contributed by atoms with van der Waals surface area (Å²) in [6.07, 6.45) is 8.52. The molecule has 4 heteroatoms. The molecule has 1 saturated heterocycles. The molecule has 3 aliphatic carbocycles. The second-order valence-corrected chi connectivity index (χ2v) is 9.22. The van der Waals surface area contributed by atoms with Crippen LogP contribution in [-0.4, -0.2) is 59.7 Å². The topological polar surface area (TPSA) is 52.9 Å². The van der Waals surface area contributed by atoms with Crippen molar-refractivity contribution in [3.05, 3.63) is 11.6 Å².